The molecule has 1 aliphatic rings. The zero-order chi connectivity index (χ0) is 30.6. The molecule has 1 N–H and O–H groups in total. The van der Waals surface area contributed by atoms with Gasteiger partial charge in [-0.15, -0.1) is 0 Å². The first-order valence-electron chi connectivity index (χ1n) is 18.5. The Hall–Kier alpha value is -1.42. The fourth-order valence-corrected chi connectivity index (χ4v) is 6.06. The highest BCUT2D eigenvalue weighted by molar-refractivity contribution is 5.78. The number of rotatable bonds is 29. The highest BCUT2D eigenvalue weighted by Crippen LogP contribution is 2.21. The quantitative estimate of drug-likeness (QED) is 0.0528. The number of amides is 1. The summed E-state index contributed by atoms with van der Waals surface area (Å²) >= 11 is 0. The highest BCUT2D eigenvalue weighted by atomic mass is 16.1. The third-order valence-corrected chi connectivity index (χ3v) is 9.25. The largest absolute Gasteiger partial charge is 0.307 e. The first-order chi connectivity index (χ1) is 20.5. The van der Waals surface area contributed by atoms with Gasteiger partial charge in [0, 0.05) is 19.8 Å². The topological polar surface area (TPSA) is 41.5 Å². The van der Waals surface area contributed by atoms with Crippen LogP contribution in [0, 0.1) is 0 Å². The number of nitrogens with one attached hydrogen (secondary N) is 1. The smallest absolute Gasteiger partial charge is 0.224 e. The van der Waals surface area contributed by atoms with Gasteiger partial charge in [-0.1, -0.05) is 122 Å². The number of hydrogen-bond acceptors (Lipinski definition) is 2. The Kier molecular flexibility index (Phi) is 25.0. The molecule has 0 saturated carbocycles. The van der Waals surface area contributed by atoms with Crippen LogP contribution < -0.4 is 5.32 Å². The second-order valence-corrected chi connectivity index (χ2v) is 13.1. The Labute approximate surface area is 262 Å². The van der Waals surface area contributed by atoms with Crippen LogP contribution in [0.1, 0.15) is 181 Å². The number of nitrogens with zero attached hydrogens (tertiary/aromatic N) is 2. The van der Waals surface area contributed by atoms with Crippen molar-refractivity contribution < 1.29 is 9.28 Å². The predicted molar refractivity (Wildman–Crippen MR) is 186 cm³/mol. The molecule has 0 fully saturated rings. The Morgan fingerprint density at radius 2 is 1.12 bits per heavy atom. The number of carbonyl (C=O) groups is 1. The van der Waals surface area contributed by atoms with Crippen LogP contribution in [0.3, 0.4) is 0 Å². The third-order valence-electron chi connectivity index (χ3n) is 9.25. The average Bonchev–Trinajstić information content (AvgIpc) is 3.37. The fourth-order valence-electron chi connectivity index (χ4n) is 6.06. The molecule has 42 heavy (non-hydrogen) atoms. The van der Waals surface area contributed by atoms with Crippen molar-refractivity contribution in [1.82, 2.24) is 5.32 Å². The predicted octanol–water partition coefficient (Wildman–Crippen LogP) is 11.2. The summed E-state index contributed by atoms with van der Waals surface area (Å²) in [5, 5.41) is 3.33. The number of unbranched alkanes of at least 4 members (excludes halogenated alkanes) is 19. The summed E-state index contributed by atoms with van der Waals surface area (Å²) < 4.78 is 0.794. The summed E-state index contributed by atoms with van der Waals surface area (Å²) in [5.41, 5.74) is 0. The van der Waals surface area contributed by atoms with E-state index in [1.807, 2.05) is 0 Å². The monoisotopic (exact) mass is 587 g/mol. The number of allylic oxidation sites excluding steroid dienone is 4. The van der Waals surface area contributed by atoms with Gasteiger partial charge in [0.1, 0.15) is 6.54 Å². The van der Waals surface area contributed by atoms with Gasteiger partial charge in [0.15, 0.2) is 12.0 Å². The number of amidine groups is 1. The third kappa shape index (κ3) is 19.7. The Morgan fingerprint density at radius 1 is 0.690 bits per heavy atom. The first-order valence-corrected chi connectivity index (χ1v) is 18.5. The van der Waals surface area contributed by atoms with E-state index in [0.29, 0.717) is 6.42 Å². The van der Waals surface area contributed by atoms with Gasteiger partial charge >= 0.3 is 0 Å². The molecule has 0 saturated heterocycles. The minimum absolute atomic E-state index is 0.104. The molecule has 0 radical (unpaired) electrons. The summed E-state index contributed by atoms with van der Waals surface area (Å²) in [6.07, 6.45) is 41.1. The molecule has 0 bridgehead atoms. The number of aliphatic imine (C=N–C) groups is 1. The fraction of sp³-hybridized carbons (Fsp3) is 0.842. The molecular weight excluding hydrogens is 514 g/mol. The molecule has 244 valence electrons. The maximum atomic E-state index is 12.7. The lowest BCUT2D eigenvalue weighted by atomic mass is 10.1. The van der Waals surface area contributed by atoms with Gasteiger partial charge in [-0.3, -0.25) is 9.28 Å². The summed E-state index contributed by atoms with van der Waals surface area (Å²) in [5.74, 6) is 1.51. The molecule has 0 spiro atoms. The lowest BCUT2D eigenvalue weighted by Gasteiger charge is -2.36. The average molecular weight is 587 g/mol. The van der Waals surface area contributed by atoms with E-state index in [9.17, 15) is 4.79 Å². The van der Waals surface area contributed by atoms with Crippen molar-refractivity contribution in [3.8, 4) is 0 Å². The molecule has 0 aromatic rings. The van der Waals surface area contributed by atoms with E-state index < -0.39 is 0 Å². The standard InChI is InChI=1S/C38H71N3O/c1-5-7-9-11-13-15-17-19-21-22-24-26-28-30-32-37-39-34-35-41(37,4)36(3)40-38(42)33-31-29-27-25-23-20-18-16-14-12-10-8-6-2/h15-18,36H,5-14,19-35H2,1-4H3/p+1/b17-15-,18-16-. The zero-order valence-corrected chi connectivity index (χ0v) is 28.8. The molecule has 4 nitrogen and oxygen atoms in total. The van der Waals surface area contributed by atoms with E-state index in [4.69, 9.17) is 4.99 Å². The molecule has 0 aliphatic carbocycles. The van der Waals surface area contributed by atoms with Gasteiger partial charge in [-0.05, 0) is 64.2 Å². The van der Waals surface area contributed by atoms with E-state index in [1.54, 1.807) is 0 Å². The number of carbonyl (C=O) groups excluding carboxylic acids is 1. The molecule has 1 aliphatic heterocycles. The van der Waals surface area contributed by atoms with Crippen LogP contribution in [0.2, 0.25) is 0 Å². The molecule has 0 aromatic heterocycles. The van der Waals surface area contributed by atoms with Crippen molar-refractivity contribution in [3.05, 3.63) is 24.3 Å². The van der Waals surface area contributed by atoms with Crippen LogP contribution in [0.25, 0.3) is 0 Å². The number of hydrogen-bond donors (Lipinski definition) is 1. The molecule has 1 heterocycles. The maximum absolute atomic E-state index is 12.7. The normalized spacial score (nSPS) is 17.9. The van der Waals surface area contributed by atoms with Crippen LogP contribution in [0.15, 0.2) is 29.3 Å². The van der Waals surface area contributed by atoms with Crippen LogP contribution in [-0.4, -0.2) is 42.5 Å². The van der Waals surface area contributed by atoms with Gasteiger partial charge < -0.3 is 5.32 Å². The van der Waals surface area contributed by atoms with Crippen molar-refractivity contribution in [2.75, 3.05) is 20.1 Å². The lowest BCUT2D eigenvalue weighted by Crippen LogP contribution is -2.60. The Balaban J connectivity index is 2.06. The van der Waals surface area contributed by atoms with Crippen LogP contribution in [-0.2, 0) is 4.79 Å². The van der Waals surface area contributed by atoms with Crippen molar-refractivity contribution in [3.63, 3.8) is 0 Å². The molecule has 4 heteroatoms. The van der Waals surface area contributed by atoms with Crippen LogP contribution in [0.5, 0.6) is 0 Å². The minimum Gasteiger partial charge on any atom is -0.307 e. The van der Waals surface area contributed by atoms with E-state index in [-0.39, 0.29) is 12.1 Å². The minimum atomic E-state index is 0.104. The second-order valence-electron chi connectivity index (χ2n) is 13.1. The van der Waals surface area contributed by atoms with E-state index >= 15 is 0 Å². The van der Waals surface area contributed by atoms with Crippen molar-refractivity contribution in [1.29, 1.82) is 0 Å². The highest BCUT2D eigenvalue weighted by Gasteiger charge is 2.39. The van der Waals surface area contributed by atoms with Crippen LogP contribution >= 0.6 is 0 Å². The van der Waals surface area contributed by atoms with Crippen LogP contribution in [0.4, 0.5) is 0 Å². The SMILES string of the molecule is CCCCCC/C=C\CCCCCCCCC1=NCC[N+]1(C)C(C)NC(=O)CCCCCCC/C=C\CCCCCC. The summed E-state index contributed by atoms with van der Waals surface area (Å²) in [4.78, 5) is 17.6. The Morgan fingerprint density at radius 3 is 1.62 bits per heavy atom. The summed E-state index contributed by atoms with van der Waals surface area (Å²) in [6.45, 7) is 8.62. The number of quaternary nitrogens is 1. The molecule has 1 amide bonds. The summed E-state index contributed by atoms with van der Waals surface area (Å²) in [6, 6.07) is 0. The van der Waals surface area contributed by atoms with E-state index in [0.717, 1.165) is 36.8 Å². The molecule has 2 atom stereocenters. The molecule has 0 aromatic carbocycles. The Bertz CT molecular complexity index is 728. The van der Waals surface area contributed by atoms with Crippen molar-refractivity contribution >= 4 is 11.7 Å². The van der Waals surface area contributed by atoms with Gasteiger partial charge in [0.2, 0.25) is 5.91 Å². The van der Waals surface area contributed by atoms with Gasteiger partial charge in [0.05, 0.1) is 13.6 Å². The first kappa shape index (κ1) is 38.6. The van der Waals surface area contributed by atoms with E-state index in [1.165, 1.54) is 141 Å². The molecular formula is C38H72N3O+. The summed E-state index contributed by atoms with van der Waals surface area (Å²) in [7, 11) is 2.27. The number of likely N-dealkylation sites (N-methyl/N-ethyl adjacent to an activating group) is 1. The van der Waals surface area contributed by atoms with Crippen molar-refractivity contribution in [2.24, 2.45) is 4.99 Å². The van der Waals surface area contributed by atoms with Gasteiger partial charge in [0.25, 0.3) is 0 Å². The molecule has 2 unspecified atom stereocenters. The van der Waals surface area contributed by atoms with Crippen molar-refractivity contribution in [2.45, 2.75) is 187 Å². The lowest BCUT2D eigenvalue weighted by molar-refractivity contribution is -0.843. The molecule has 1 rings (SSSR count). The van der Waals surface area contributed by atoms with Gasteiger partial charge in [-0.25, -0.2) is 4.99 Å². The second kappa shape index (κ2) is 27.2. The zero-order valence-electron chi connectivity index (χ0n) is 28.8. The van der Waals surface area contributed by atoms with E-state index in [2.05, 4.69) is 57.4 Å². The maximum Gasteiger partial charge on any atom is 0.224 e. The van der Waals surface area contributed by atoms with Gasteiger partial charge in [-0.2, -0.15) is 0 Å².